The Kier molecular flexibility index (Phi) is 6.04. The molecule has 0 saturated carbocycles. The molecular formula is C17H18N4O2S. The summed E-state index contributed by atoms with van der Waals surface area (Å²) in [6.07, 6.45) is 3.59. The summed E-state index contributed by atoms with van der Waals surface area (Å²) in [6.45, 7) is 4.18. The number of anilines is 1. The van der Waals surface area contributed by atoms with Crippen molar-refractivity contribution >= 4 is 17.6 Å². The van der Waals surface area contributed by atoms with Crippen LogP contribution in [-0.2, 0) is 0 Å². The van der Waals surface area contributed by atoms with E-state index in [2.05, 4.69) is 27.9 Å². The molecule has 1 aromatic heterocycles. The minimum atomic E-state index is 0.377. The van der Waals surface area contributed by atoms with Crippen molar-refractivity contribution in [1.82, 2.24) is 9.97 Å². The van der Waals surface area contributed by atoms with Crippen LogP contribution in [0, 0.1) is 11.3 Å². The Bertz CT molecular complexity index is 787. The molecule has 0 saturated heterocycles. The first kappa shape index (κ1) is 17.6. The van der Waals surface area contributed by atoms with Crippen LogP contribution in [0.2, 0.25) is 0 Å². The molecule has 0 amide bonds. The van der Waals surface area contributed by atoms with Gasteiger partial charge in [0, 0.05) is 12.1 Å². The number of nitriles is 1. The lowest BCUT2D eigenvalue weighted by Gasteiger charge is -2.13. The first-order chi connectivity index (χ1) is 11.7. The molecule has 0 fully saturated rings. The highest BCUT2D eigenvalue weighted by molar-refractivity contribution is 7.98. The largest absolute Gasteiger partial charge is 0.493 e. The first-order valence-electron chi connectivity index (χ1n) is 7.11. The van der Waals surface area contributed by atoms with Gasteiger partial charge >= 0.3 is 0 Å². The van der Waals surface area contributed by atoms with Gasteiger partial charge in [-0.15, -0.1) is 6.58 Å². The van der Waals surface area contributed by atoms with Crippen molar-refractivity contribution in [3.8, 4) is 28.8 Å². The van der Waals surface area contributed by atoms with Crippen LogP contribution in [0.5, 0.6) is 11.5 Å². The van der Waals surface area contributed by atoms with E-state index in [4.69, 9.17) is 9.47 Å². The number of thioether (sulfide) groups is 1. The fourth-order valence-corrected chi connectivity index (χ4v) is 2.49. The highest BCUT2D eigenvalue weighted by atomic mass is 32.2. The van der Waals surface area contributed by atoms with Gasteiger partial charge in [0.25, 0.3) is 0 Å². The number of methoxy groups -OCH3 is 2. The third-order valence-corrected chi connectivity index (χ3v) is 3.80. The Morgan fingerprint density at radius 2 is 2.04 bits per heavy atom. The van der Waals surface area contributed by atoms with Gasteiger partial charge in [0.15, 0.2) is 16.7 Å². The van der Waals surface area contributed by atoms with Gasteiger partial charge in [-0.2, -0.15) is 5.26 Å². The molecule has 0 spiro atoms. The fraction of sp³-hybridized carbons (Fsp3) is 0.235. The minimum Gasteiger partial charge on any atom is -0.493 e. The Labute approximate surface area is 145 Å². The predicted molar refractivity (Wildman–Crippen MR) is 95.8 cm³/mol. The van der Waals surface area contributed by atoms with Crippen molar-refractivity contribution < 1.29 is 9.47 Å². The molecule has 2 aromatic rings. The smallest absolute Gasteiger partial charge is 0.189 e. The zero-order chi connectivity index (χ0) is 17.5. The molecule has 0 bridgehead atoms. The molecule has 7 heteroatoms. The van der Waals surface area contributed by atoms with Crippen molar-refractivity contribution in [2.45, 2.75) is 5.16 Å². The third kappa shape index (κ3) is 3.60. The third-order valence-electron chi connectivity index (χ3n) is 3.25. The van der Waals surface area contributed by atoms with E-state index in [0.717, 1.165) is 5.56 Å². The molecule has 6 nitrogen and oxygen atoms in total. The van der Waals surface area contributed by atoms with Gasteiger partial charge < -0.3 is 14.8 Å². The van der Waals surface area contributed by atoms with Crippen LogP contribution in [0.1, 0.15) is 5.56 Å². The number of rotatable bonds is 7. The molecule has 0 atom stereocenters. The van der Waals surface area contributed by atoms with Gasteiger partial charge in [-0.1, -0.05) is 17.8 Å². The predicted octanol–water partition coefficient (Wildman–Crippen LogP) is 3.35. The van der Waals surface area contributed by atoms with Gasteiger partial charge in [0.1, 0.15) is 17.5 Å². The van der Waals surface area contributed by atoms with E-state index in [-0.39, 0.29) is 0 Å². The molecule has 2 rings (SSSR count). The van der Waals surface area contributed by atoms with Crippen LogP contribution in [0.15, 0.2) is 36.0 Å². The summed E-state index contributed by atoms with van der Waals surface area (Å²) in [5.74, 6) is 1.68. The molecule has 0 radical (unpaired) electrons. The van der Waals surface area contributed by atoms with Gasteiger partial charge in [-0.25, -0.2) is 9.97 Å². The topological polar surface area (TPSA) is 80.1 Å². The van der Waals surface area contributed by atoms with E-state index in [1.54, 1.807) is 32.4 Å². The Morgan fingerprint density at radius 3 is 2.62 bits per heavy atom. The van der Waals surface area contributed by atoms with Gasteiger partial charge in [0.2, 0.25) is 0 Å². The monoisotopic (exact) mass is 342 g/mol. The summed E-state index contributed by atoms with van der Waals surface area (Å²) >= 11 is 1.41. The van der Waals surface area contributed by atoms with E-state index in [1.807, 2.05) is 12.3 Å². The molecule has 0 aliphatic heterocycles. The second-order valence-electron chi connectivity index (χ2n) is 4.63. The number of nitrogens with zero attached hydrogens (tertiary/aromatic N) is 3. The lowest BCUT2D eigenvalue weighted by Crippen LogP contribution is -2.07. The number of benzene rings is 1. The molecule has 0 unspecified atom stereocenters. The van der Waals surface area contributed by atoms with E-state index >= 15 is 0 Å². The van der Waals surface area contributed by atoms with Crippen LogP contribution in [0.25, 0.3) is 11.3 Å². The quantitative estimate of drug-likeness (QED) is 0.469. The van der Waals surface area contributed by atoms with Crippen molar-refractivity contribution in [3.63, 3.8) is 0 Å². The zero-order valence-electron chi connectivity index (χ0n) is 13.8. The van der Waals surface area contributed by atoms with Gasteiger partial charge in [-0.05, 0) is 24.5 Å². The maximum Gasteiger partial charge on any atom is 0.189 e. The second kappa shape index (κ2) is 8.22. The number of hydrogen-bond acceptors (Lipinski definition) is 7. The molecule has 24 heavy (non-hydrogen) atoms. The van der Waals surface area contributed by atoms with Crippen LogP contribution in [0.4, 0.5) is 5.82 Å². The van der Waals surface area contributed by atoms with Crippen molar-refractivity contribution in [3.05, 3.63) is 36.4 Å². The van der Waals surface area contributed by atoms with Crippen molar-refractivity contribution in [1.29, 1.82) is 5.26 Å². The Hall–Kier alpha value is -2.72. The summed E-state index contributed by atoms with van der Waals surface area (Å²) in [4.78, 5) is 8.88. The van der Waals surface area contributed by atoms with Crippen LogP contribution in [0.3, 0.4) is 0 Å². The lowest BCUT2D eigenvalue weighted by molar-refractivity contribution is 0.355. The lowest BCUT2D eigenvalue weighted by atomic mass is 10.1. The maximum absolute atomic E-state index is 9.59. The number of ether oxygens (including phenoxy) is 2. The van der Waals surface area contributed by atoms with Crippen molar-refractivity contribution in [2.24, 2.45) is 0 Å². The molecular weight excluding hydrogens is 324 g/mol. The molecule has 1 aromatic carbocycles. The highest BCUT2D eigenvalue weighted by Crippen LogP contribution is 2.34. The summed E-state index contributed by atoms with van der Waals surface area (Å²) in [5, 5.41) is 13.3. The average Bonchev–Trinajstić information content (AvgIpc) is 2.64. The molecule has 124 valence electrons. The average molecular weight is 342 g/mol. The normalized spacial score (nSPS) is 9.92. The molecule has 1 heterocycles. The molecule has 1 N–H and O–H groups in total. The maximum atomic E-state index is 9.59. The SMILES string of the molecule is C=CCNc1nc(SC)nc(-c2ccc(OC)c(OC)c2)c1C#N. The zero-order valence-corrected chi connectivity index (χ0v) is 14.6. The van der Waals surface area contributed by atoms with E-state index < -0.39 is 0 Å². The van der Waals surface area contributed by atoms with E-state index in [1.165, 1.54) is 11.8 Å². The summed E-state index contributed by atoms with van der Waals surface area (Å²) < 4.78 is 10.6. The number of nitrogens with one attached hydrogen (secondary N) is 1. The second-order valence-corrected chi connectivity index (χ2v) is 5.41. The minimum absolute atomic E-state index is 0.377. The number of aromatic nitrogens is 2. The summed E-state index contributed by atoms with van der Waals surface area (Å²) in [6, 6.07) is 7.60. The van der Waals surface area contributed by atoms with Crippen LogP contribution >= 0.6 is 11.8 Å². The van der Waals surface area contributed by atoms with Gasteiger partial charge in [-0.3, -0.25) is 0 Å². The summed E-state index contributed by atoms with van der Waals surface area (Å²) in [5.41, 5.74) is 1.68. The molecule has 0 aliphatic rings. The van der Waals surface area contributed by atoms with E-state index in [0.29, 0.717) is 40.3 Å². The van der Waals surface area contributed by atoms with Crippen LogP contribution in [-0.4, -0.2) is 37.0 Å². The van der Waals surface area contributed by atoms with E-state index in [9.17, 15) is 5.26 Å². The fourth-order valence-electron chi connectivity index (χ4n) is 2.13. The first-order valence-corrected chi connectivity index (χ1v) is 8.34. The Balaban J connectivity index is 2.64. The van der Waals surface area contributed by atoms with Gasteiger partial charge in [0.05, 0.1) is 19.9 Å². The number of hydrogen-bond donors (Lipinski definition) is 1. The summed E-state index contributed by atoms with van der Waals surface area (Å²) in [7, 11) is 3.14. The van der Waals surface area contributed by atoms with Crippen molar-refractivity contribution in [2.75, 3.05) is 32.3 Å². The highest BCUT2D eigenvalue weighted by Gasteiger charge is 2.17. The Morgan fingerprint density at radius 1 is 1.29 bits per heavy atom. The standard InChI is InChI=1S/C17H18N4O2S/c1-5-8-19-16-12(10-18)15(20-17(21-16)24-4)11-6-7-13(22-2)14(9-11)23-3/h5-7,9H,1,8H2,2-4H3,(H,19,20,21). The molecule has 0 aliphatic carbocycles. The van der Waals surface area contributed by atoms with Crippen LogP contribution < -0.4 is 14.8 Å².